The Labute approximate surface area is 183 Å². The fraction of sp³-hybridized carbons (Fsp3) is 0.722. The second kappa shape index (κ2) is 11.8. The predicted octanol–water partition coefficient (Wildman–Crippen LogP) is 2.81. The van der Waals surface area contributed by atoms with Crippen LogP contribution in [-0.2, 0) is 4.74 Å². The molecule has 1 atom stereocenters. The monoisotopic (exact) mass is 509 g/mol. The van der Waals surface area contributed by atoms with E-state index in [0.717, 1.165) is 30.6 Å². The van der Waals surface area contributed by atoms with Crippen LogP contribution in [0.4, 0.5) is 0 Å². The Bertz CT molecular complexity index is 629. The molecular weight excluding hydrogens is 477 g/mol. The first-order valence-electron chi connectivity index (χ1n) is 9.24. The smallest absolute Gasteiger partial charge is 0.350 e. The number of likely N-dealkylation sites (tertiary alicyclic amines) is 1. The number of aliphatic imine (C=N–C) groups is 1. The SMILES string of the molecule is CCOC(=O)c1sc(C(C)NC(=NC)NCC2CCN(C)CC2)nc1C.I. The van der Waals surface area contributed by atoms with E-state index in [1.54, 1.807) is 14.0 Å². The van der Waals surface area contributed by atoms with Crippen LogP contribution in [-0.4, -0.2) is 62.1 Å². The van der Waals surface area contributed by atoms with Crippen molar-refractivity contribution in [2.75, 3.05) is 40.3 Å². The van der Waals surface area contributed by atoms with E-state index in [1.807, 2.05) is 13.8 Å². The first-order chi connectivity index (χ1) is 12.4. The number of carbonyl (C=O) groups is 1. The van der Waals surface area contributed by atoms with Gasteiger partial charge < -0.3 is 20.3 Å². The number of hydrogen-bond donors (Lipinski definition) is 2. The van der Waals surface area contributed by atoms with Gasteiger partial charge in [-0.2, -0.15) is 0 Å². The van der Waals surface area contributed by atoms with E-state index >= 15 is 0 Å². The fourth-order valence-electron chi connectivity index (χ4n) is 2.96. The number of rotatable bonds is 6. The molecule has 7 nitrogen and oxygen atoms in total. The number of ether oxygens (including phenoxy) is 1. The molecule has 0 saturated carbocycles. The van der Waals surface area contributed by atoms with Gasteiger partial charge in [0.25, 0.3) is 0 Å². The van der Waals surface area contributed by atoms with Crippen molar-refractivity contribution >= 4 is 47.2 Å². The Kier molecular flexibility index (Phi) is 10.5. The van der Waals surface area contributed by atoms with Gasteiger partial charge in [0.15, 0.2) is 5.96 Å². The van der Waals surface area contributed by atoms with E-state index in [0.29, 0.717) is 23.1 Å². The Morgan fingerprint density at radius 3 is 2.70 bits per heavy atom. The number of aromatic nitrogens is 1. The number of guanidine groups is 1. The minimum absolute atomic E-state index is 0. The zero-order valence-electron chi connectivity index (χ0n) is 16.9. The summed E-state index contributed by atoms with van der Waals surface area (Å²) in [6.45, 7) is 9.27. The second-order valence-corrected chi connectivity index (χ2v) is 7.78. The van der Waals surface area contributed by atoms with Crippen molar-refractivity contribution in [2.24, 2.45) is 10.9 Å². The van der Waals surface area contributed by atoms with Crippen LogP contribution in [0.25, 0.3) is 0 Å². The molecule has 2 N–H and O–H groups in total. The second-order valence-electron chi connectivity index (χ2n) is 6.75. The molecule has 1 aromatic heterocycles. The molecule has 27 heavy (non-hydrogen) atoms. The van der Waals surface area contributed by atoms with E-state index in [1.165, 1.54) is 24.2 Å². The van der Waals surface area contributed by atoms with Crippen LogP contribution >= 0.6 is 35.3 Å². The third-order valence-electron chi connectivity index (χ3n) is 4.62. The molecule has 1 aliphatic rings. The number of halogens is 1. The molecule has 0 radical (unpaired) electrons. The van der Waals surface area contributed by atoms with Crippen molar-refractivity contribution < 1.29 is 9.53 Å². The lowest BCUT2D eigenvalue weighted by atomic mass is 9.97. The van der Waals surface area contributed by atoms with Gasteiger partial charge in [-0.15, -0.1) is 35.3 Å². The number of esters is 1. The molecule has 2 rings (SSSR count). The average molecular weight is 509 g/mol. The third kappa shape index (κ3) is 7.19. The molecule has 9 heteroatoms. The topological polar surface area (TPSA) is 78.8 Å². The summed E-state index contributed by atoms with van der Waals surface area (Å²) >= 11 is 1.38. The minimum Gasteiger partial charge on any atom is -0.462 e. The van der Waals surface area contributed by atoms with Crippen LogP contribution in [0.3, 0.4) is 0 Å². The van der Waals surface area contributed by atoms with Crippen molar-refractivity contribution in [3.63, 3.8) is 0 Å². The molecule has 1 fully saturated rings. The number of thiazole rings is 1. The van der Waals surface area contributed by atoms with Crippen LogP contribution in [0.1, 0.15) is 53.1 Å². The maximum absolute atomic E-state index is 12.0. The Hall–Kier alpha value is -0.940. The lowest BCUT2D eigenvalue weighted by molar-refractivity contribution is 0.0531. The molecule has 0 spiro atoms. The van der Waals surface area contributed by atoms with Crippen molar-refractivity contribution in [3.05, 3.63) is 15.6 Å². The summed E-state index contributed by atoms with van der Waals surface area (Å²) in [6, 6.07) is -0.0365. The van der Waals surface area contributed by atoms with Gasteiger partial charge in [-0.05, 0) is 59.7 Å². The number of hydrogen-bond acceptors (Lipinski definition) is 6. The summed E-state index contributed by atoms with van der Waals surface area (Å²) < 4.78 is 5.09. The van der Waals surface area contributed by atoms with Gasteiger partial charge in [0, 0.05) is 13.6 Å². The van der Waals surface area contributed by atoms with Gasteiger partial charge in [-0.3, -0.25) is 4.99 Å². The van der Waals surface area contributed by atoms with Crippen molar-refractivity contribution in [1.29, 1.82) is 0 Å². The lowest BCUT2D eigenvalue weighted by Gasteiger charge is -2.29. The molecule has 154 valence electrons. The van der Waals surface area contributed by atoms with Crippen LogP contribution in [0.5, 0.6) is 0 Å². The van der Waals surface area contributed by atoms with Crippen LogP contribution in [0, 0.1) is 12.8 Å². The first kappa shape index (κ1) is 24.1. The molecule has 2 heterocycles. The zero-order chi connectivity index (χ0) is 19.1. The molecular formula is C18H32IN5O2S. The van der Waals surface area contributed by atoms with Crippen molar-refractivity contribution in [2.45, 2.75) is 39.7 Å². The van der Waals surface area contributed by atoms with E-state index < -0.39 is 0 Å². The molecule has 0 amide bonds. The van der Waals surface area contributed by atoms with E-state index in [9.17, 15) is 4.79 Å². The van der Waals surface area contributed by atoms with Gasteiger partial charge >= 0.3 is 5.97 Å². The van der Waals surface area contributed by atoms with Crippen molar-refractivity contribution in [1.82, 2.24) is 20.5 Å². The highest BCUT2D eigenvalue weighted by atomic mass is 127. The van der Waals surface area contributed by atoms with Crippen LogP contribution in [0.2, 0.25) is 0 Å². The first-order valence-corrected chi connectivity index (χ1v) is 10.1. The number of carbonyl (C=O) groups excluding carboxylic acids is 1. The number of piperidine rings is 1. The summed E-state index contributed by atoms with van der Waals surface area (Å²) in [6.07, 6.45) is 2.43. The van der Waals surface area contributed by atoms with Crippen molar-refractivity contribution in [3.8, 4) is 0 Å². The summed E-state index contributed by atoms with van der Waals surface area (Å²) in [4.78, 5) is 23.8. The van der Waals surface area contributed by atoms with E-state index in [4.69, 9.17) is 4.74 Å². The maximum Gasteiger partial charge on any atom is 0.350 e. The average Bonchev–Trinajstić information content (AvgIpc) is 3.02. The molecule has 1 unspecified atom stereocenters. The summed E-state index contributed by atoms with van der Waals surface area (Å²) in [7, 11) is 3.94. The summed E-state index contributed by atoms with van der Waals surface area (Å²) in [5, 5.41) is 7.65. The number of aryl methyl sites for hydroxylation is 1. The standard InChI is InChI=1S/C18H31N5O2S.HI/c1-6-25-17(24)15-12(2)21-16(26-15)13(3)22-18(19-4)20-11-14-7-9-23(5)10-8-14;/h13-14H,6-11H2,1-5H3,(H2,19,20,22);1H. The molecule has 1 aliphatic heterocycles. The highest BCUT2D eigenvalue weighted by molar-refractivity contribution is 14.0. The normalized spacial score (nSPS) is 17.1. The minimum atomic E-state index is -0.300. The molecule has 1 aromatic rings. The maximum atomic E-state index is 12.0. The van der Waals surface area contributed by atoms with Crippen LogP contribution in [0.15, 0.2) is 4.99 Å². The molecule has 0 bridgehead atoms. The fourth-order valence-corrected chi connectivity index (χ4v) is 3.92. The quantitative estimate of drug-likeness (QED) is 0.266. The van der Waals surface area contributed by atoms with E-state index in [-0.39, 0.29) is 36.0 Å². The molecule has 0 aliphatic carbocycles. The van der Waals surface area contributed by atoms with E-state index in [2.05, 4.69) is 32.6 Å². The predicted molar refractivity (Wildman–Crippen MR) is 121 cm³/mol. The Balaban J connectivity index is 0.00000364. The largest absolute Gasteiger partial charge is 0.462 e. The Morgan fingerprint density at radius 1 is 1.44 bits per heavy atom. The highest BCUT2D eigenvalue weighted by Crippen LogP contribution is 2.24. The highest BCUT2D eigenvalue weighted by Gasteiger charge is 2.21. The van der Waals surface area contributed by atoms with Gasteiger partial charge in [0.2, 0.25) is 0 Å². The summed E-state index contributed by atoms with van der Waals surface area (Å²) in [5.41, 5.74) is 0.714. The molecule has 0 aromatic carbocycles. The Morgan fingerprint density at radius 2 is 2.11 bits per heavy atom. The van der Waals surface area contributed by atoms with Crippen LogP contribution < -0.4 is 10.6 Å². The van der Waals surface area contributed by atoms with Gasteiger partial charge in [-0.1, -0.05) is 0 Å². The third-order valence-corrected chi connectivity index (χ3v) is 5.94. The number of nitrogens with one attached hydrogen (secondary N) is 2. The van der Waals surface area contributed by atoms with Gasteiger partial charge in [0.1, 0.15) is 9.88 Å². The zero-order valence-corrected chi connectivity index (χ0v) is 20.0. The van der Waals surface area contributed by atoms with Gasteiger partial charge in [-0.25, -0.2) is 9.78 Å². The van der Waals surface area contributed by atoms with Gasteiger partial charge in [0.05, 0.1) is 18.3 Å². The number of nitrogens with zero attached hydrogens (tertiary/aromatic N) is 3. The lowest BCUT2D eigenvalue weighted by Crippen LogP contribution is -2.43. The summed E-state index contributed by atoms with van der Waals surface area (Å²) in [5.74, 6) is 1.14. The molecule has 1 saturated heterocycles.